The molecular weight excluding hydrogens is 409 g/mol. The third-order valence-electron chi connectivity index (χ3n) is 9.11. The molecule has 0 heterocycles. The van der Waals surface area contributed by atoms with Gasteiger partial charge < -0.3 is 14.2 Å². The van der Waals surface area contributed by atoms with Crippen LogP contribution in [0.5, 0.6) is 0 Å². The molecule has 0 aromatic carbocycles. The van der Waals surface area contributed by atoms with E-state index in [9.17, 15) is 18.0 Å². The Kier molecular flexibility index (Phi) is 6.74. The van der Waals surface area contributed by atoms with Crippen molar-refractivity contribution in [1.29, 1.82) is 0 Å². The topological polar surface area (TPSA) is 44.8 Å². The summed E-state index contributed by atoms with van der Waals surface area (Å²) in [4.78, 5) is 13.8. The van der Waals surface area contributed by atoms with Crippen LogP contribution in [0, 0.1) is 34.0 Å². The van der Waals surface area contributed by atoms with Crippen LogP contribution in [-0.2, 0) is 19.0 Å². The number of Topliss-reactive ketones (excluding diaryl/α,β-unsaturated/α-hetero) is 1. The SMILES string of the molecule is COCOC1C[C@@](C)(/C=C/C(F)(F)F)C(=O)[C@H](C)C23CC[C@@H](C)[C@]1(C)C2[C@H](OC)CC3. The Morgan fingerprint density at radius 2 is 1.77 bits per heavy atom. The molecule has 0 aliphatic heterocycles. The number of hydrogen-bond acceptors (Lipinski definition) is 4. The van der Waals surface area contributed by atoms with Gasteiger partial charge in [0, 0.05) is 37.0 Å². The van der Waals surface area contributed by atoms with Crippen molar-refractivity contribution in [1.82, 2.24) is 0 Å². The van der Waals surface area contributed by atoms with Crippen molar-refractivity contribution in [2.24, 2.45) is 34.0 Å². The molecule has 2 bridgehead atoms. The molecule has 3 saturated carbocycles. The standard InChI is InChI=1S/C24H37F3O4/c1-15-7-9-23-10-8-17(30-6)19(23)22(15,4)18(31-14-29-5)13-21(3,20(28)16(23)2)11-12-24(25,26)27/h11-12,15-19H,7-10,13-14H2,1-6H3/b12-11+/t15-,16+,17-,18?,19?,21-,22+,23?/m1/s1. The summed E-state index contributed by atoms with van der Waals surface area (Å²) in [5, 5.41) is 0. The molecule has 3 aliphatic carbocycles. The van der Waals surface area contributed by atoms with Gasteiger partial charge in [0.15, 0.2) is 0 Å². The fourth-order valence-electron chi connectivity index (χ4n) is 7.26. The van der Waals surface area contributed by atoms with E-state index in [2.05, 4.69) is 13.8 Å². The summed E-state index contributed by atoms with van der Waals surface area (Å²) in [6.45, 7) is 8.01. The Labute approximate surface area is 183 Å². The molecule has 8 atom stereocenters. The number of ketones is 1. The zero-order valence-electron chi connectivity index (χ0n) is 19.6. The van der Waals surface area contributed by atoms with Crippen molar-refractivity contribution >= 4 is 5.78 Å². The number of methoxy groups -OCH3 is 2. The Balaban J connectivity index is 2.19. The van der Waals surface area contributed by atoms with Crippen molar-refractivity contribution in [2.75, 3.05) is 21.0 Å². The smallest absolute Gasteiger partial charge is 0.381 e. The maximum absolute atomic E-state index is 13.8. The Bertz CT molecular complexity index is 707. The van der Waals surface area contributed by atoms with E-state index in [-0.39, 0.29) is 59.8 Å². The number of carbonyl (C=O) groups is 1. The molecule has 0 amide bonds. The van der Waals surface area contributed by atoms with E-state index < -0.39 is 17.7 Å². The molecule has 3 fully saturated rings. The molecule has 0 N–H and O–H groups in total. The lowest BCUT2D eigenvalue weighted by atomic mass is 9.44. The van der Waals surface area contributed by atoms with Crippen LogP contribution in [0.2, 0.25) is 0 Å². The van der Waals surface area contributed by atoms with Crippen molar-refractivity contribution in [3.05, 3.63) is 12.2 Å². The summed E-state index contributed by atoms with van der Waals surface area (Å²) in [5.41, 5.74) is -1.91. The van der Waals surface area contributed by atoms with E-state index in [1.165, 1.54) is 7.11 Å². The van der Waals surface area contributed by atoms with Gasteiger partial charge in [-0.05, 0) is 56.3 Å². The largest absolute Gasteiger partial charge is 0.409 e. The average Bonchev–Trinajstić information content (AvgIpc) is 3.11. The van der Waals surface area contributed by atoms with Crippen LogP contribution in [0.15, 0.2) is 12.2 Å². The van der Waals surface area contributed by atoms with Gasteiger partial charge in [0.2, 0.25) is 0 Å². The number of allylic oxidation sites excluding steroid dienone is 2. The first-order valence-corrected chi connectivity index (χ1v) is 11.3. The minimum atomic E-state index is -4.47. The molecule has 4 nitrogen and oxygen atoms in total. The van der Waals surface area contributed by atoms with Crippen LogP contribution >= 0.6 is 0 Å². The molecule has 7 heteroatoms. The Morgan fingerprint density at radius 1 is 1.13 bits per heavy atom. The highest BCUT2D eigenvalue weighted by Gasteiger charge is 2.68. The second-order valence-corrected chi connectivity index (χ2v) is 10.5. The first-order chi connectivity index (χ1) is 14.4. The van der Waals surface area contributed by atoms with Gasteiger partial charge in [0.25, 0.3) is 0 Å². The highest BCUT2D eigenvalue weighted by atomic mass is 19.4. The molecule has 178 valence electrons. The van der Waals surface area contributed by atoms with Gasteiger partial charge >= 0.3 is 6.18 Å². The lowest BCUT2D eigenvalue weighted by molar-refractivity contribution is -0.217. The Hall–Kier alpha value is -0.920. The zero-order chi connectivity index (χ0) is 23.2. The normalized spacial score (nSPS) is 46.1. The summed E-state index contributed by atoms with van der Waals surface area (Å²) >= 11 is 0. The first kappa shape index (κ1) is 24.7. The lowest BCUT2D eigenvalue weighted by Crippen LogP contribution is -2.62. The molecular formula is C24H37F3O4. The van der Waals surface area contributed by atoms with E-state index in [4.69, 9.17) is 14.2 Å². The molecule has 0 aromatic heterocycles. The number of alkyl halides is 3. The van der Waals surface area contributed by atoms with Gasteiger partial charge in [-0.15, -0.1) is 0 Å². The number of rotatable bonds is 5. The monoisotopic (exact) mass is 446 g/mol. The third kappa shape index (κ3) is 3.99. The van der Waals surface area contributed by atoms with Gasteiger partial charge in [-0.1, -0.05) is 26.8 Å². The van der Waals surface area contributed by atoms with E-state index in [1.807, 2.05) is 6.92 Å². The van der Waals surface area contributed by atoms with Crippen LogP contribution in [0.4, 0.5) is 13.2 Å². The van der Waals surface area contributed by atoms with Crippen molar-refractivity contribution in [2.45, 2.75) is 78.2 Å². The molecule has 3 unspecified atom stereocenters. The van der Waals surface area contributed by atoms with Gasteiger partial charge in [-0.2, -0.15) is 13.2 Å². The average molecular weight is 447 g/mol. The van der Waals surface area contributed by atoms with Crippen LogP contribution in [0.25, 0.3) is 0 Å². The van der Waals surface area contributed by atoms with E-state index in [0.29, 0.717) is 0 Å². The van der Waals surface area contributed by atoms with Crippen molar-refractivity contribution in [3.63, 3.8) is 0 Å². The number of halogens is 3. The fraction of sp³-hybridized carbons (Fsp3) is 0.875. The highest BCUT2D eigenvalue weighted by molar-refractivity contribution is 5.89. The lowest BCUT2D eigenvalue weighted by Gasteiger charge is -2.62. The maximum Gasteiger partial charge on any atom is 0.409 e. The summed E-state index contributed by atoms with van der Waals surface area (Å²) < 4.78 is 56.6. The van der Waals surface area contributed by atoms with E-state index in [0.717, 1.165) is 31.8 Å². The van der Waals surface area contributed by atoms with Crippen molar-refractivity contribution in [3.8, 4) is 0 Å². The second-order valence-electron chi connectivity index (χ2n) is 10.5. The summed E-state index contributed by atoms with van der Waals surface area (Å²) in [6.07, 6.45) is 0.133. The number of hydrogen-bond donors (Lipinski definition) is 0. The van der Waals surface area contributed by atoms with Gasteiger partial charge in [0.1, 0.15) is 12.6 Å². The van der Waals surface area contributed by atoms with Crippen LogP contribution in [0.3, 0.4) is 0 Å². The molecule has 0 radical (unpaired) electrons. The summed E-state index contributed by atoms with van der Waals surface area (Å²) in [5.74, 6) is -0.0988. The maximum atomic E-state index is 13.8. The molecule has 0 spiro atoms. The van der Waals surface area contributed by atoms with Gasteiger partial charge in [-0.25, -0.2) is 0 Å². The van der Waals surface area contributed by atoms with Crippen LogP contribution < -0.4 is 0 Å². The van der Waals surface area contributed by atoms with E-state index in [1.54, 1.807) is 14.0 Å². The quantitative estimate of drug-likeness (QED) is 0.410. The third-order valence-corrected chi connectivity index (χ3v) is 9.11. The second kappa shape index (κ2) is 8.45. The van der Waals surface area contributed by atoms with Crippen molar-refractivity contribution < 1.29 is 32.2 Å². The zero-order valence-corrected chi connectivity index (χ0v) is 19.6. The predicted octanol–water partition coefficient (Wildman–Crippen LogP) is 5.56. The molecule has 3 aliphatic rings. The van der Waals surface area contributed by atoms with Gasteiger partial charge in [-0.3, -0.25) is 4.79 Å². The number of ether oxygens (including phenoxy) is 3. The minimum absolute atomic E-state index is 0.00622. The van der Waals surface area contributed by atoms with Crippen LogP contribution in [0.1, 0.15) is 59.8 Å². The molecule has 3 rings (SSSR count). The fourth-order valence-corrected chi connectivity index (χ4v) is 7.26. The predicted molar refractivity (Wildman–Crippen MR) is 111 cm³/mol. The van der Waals surface area contributed by atoms with E-state index >= 15 is 0 Å². The first-order valence-electron chi connectivity index (χ1n) is 11.3. The Morgan fingerprint density at radius 3 is 2.35 bits per heavy atom. The number of carbonyl (C=O) groups excluding carboxylic acids is 1. The highest BCUT2D eigenvalue weighted by Crippen LogP contribution is 2.68. The van der Waals surface area contributed by atoms with Crippen LogP contribution in [-0.4, -0.2) is 45.2 Å². The van der Waals surface area contributed by atoms with Gasteiger partial charge in [0.05, 0.1) is 12.2 Å². The molecule has 0 aromatic rings. The minimum Gasteiger partial charge on any atom is -0.381 e. The molecule has 0 saturated heterocycles. The summed E-state index contributed by atoms with van der Waals surface area (Å²) in [6, 6.07) is 0. The molecule has 31 heavy (non-hydrogen) atoms. The summed E-state index contributed by atoms with van der Waals surface area (Å²) in [7, 11) is 3.25.